The molecule has 0 aliphatic carbocycles. The zero-order valence-electron chi connectivity index (χ0n) is 9.50. The van der Waals surface area contributed by atoms with Gasteiger partial charge in [-0.15, -0.1) is 5.10 Å². The van der Waals surface area contributed by atoms with Gasteiger partial charge in [0.05, 0.1) is 5.69 Å². The molecule has 3 nitrogen and oxygen atoms in total. The first-order chi connectivity index (χ1) is 6.31. The lowest BCUT2D eigenvalue weighted by molar-refractivity contribution is 0.382. The lowest BCUT2D eigenvalue weighted by Gasteiger charge is -2.19. The number of hydrogen-bond acceptors (Lipinski definition) is 2. The smallest absolute Gasteiger partial charge is 0.174 e. The standard InChI is InChI=1S/C10H18ClN3/c1-7(2)14-8(6-10(3,4)5)9(11)12-13-14/h7H,6H2,1-5H3. The molecule has 0 atom stereocenters. The van der Waals surface area contributed by atoms with Crippen LogP contribution in [0.1, 0.15) is 46.4 Å². The van der Waals surface area contributed by atoms with Crippen LogP contribution in [0.5, 0.6) is 0 Å². The van der Waals surface area contributed by atoms with E-state index in [1.165, 1.54) is 0 Å². The average Bonchev–Trinajstić information content (AvgIpc) is 2.29. The predicted octanol–water partition coefficient (Wildman–Crippen LogP) is 3.10. The SMILES string of the molecule is CC(C)n1nnc(Cl)c1CC(C)(C)C. The van der Waals surface area contributed by atoms with Crippen LogP contribution in [0.15, 0.2) is 0 Å². The molecular weight excluding hydrogens is 198 g/mol. The minimum Gasteiger partial charge on any atom is -0.245 e. The maximum Gasteiger partial charge on any atom is 0.174 e. The summed E-state index contributed by atoms with van der Waals surface area (Å²) in [5, 5.41) is 8.47. The monoisotopic (exact) mass is 215 g/mol. The molecule has 0 aromatic carbocycles. The number of nitrogens with zero attached hydrogens (tertiary/aromatic N) is 3. The van der Waals surface area contributed by atoms with Gasteiger partial charge in [0.1, 0.15) is 0 Å². The van der Waals surface area contributed by atoms with Crippen molar-refractivity contribution >= 4 is 11.6 Å². The maximum atomic E-state index is 6.00. The maximum absolute atomic E-state index is 6.00. The largest absolute Gasteiger partial charge is 0.245 e. The highest BCUT2D eigenvalue weighted by Gasteiger charge is 2.20. The van der Waals surface area contributed by atoms with Gasteiger partial charge in [0.15, 0.2) is 5.15 Å². The molecule has 80 valence electrons. The third-order valence-corrected chi connectivity index (χ3v) is 2.22. The molecule has 0 N–H and O–H groups in total. The van der Waals surface area contributed by atoms with Crippen LogP contribution in [0, 0.1) is 5.41 Å². The molecule has 1 heterocycles. The van der Waals surface area contributed by atoms with Crippen molar-refractivity contribution in [3.8, 4) is 0 Å². The molecule has 0 unspecified atom stereocenters. The quantitative estimate of drug-likeness (QED) is 0.759. The van der Waals surface area contributed by atoms with E-state index in [1.54, 1.807) is 0 Å². The van der Waals surface area contributed by atoms with Gasteiger partial charge < -0.3 is 0 Å². The average molecular weight is 216 g/mol. The first-order valence-corrected chi connectivity index (χ1v) is 5.28. The van der Waals surface area contributed by atoms with Gasteiger partial charge in [0.25, 0.3) is 0 Å². The Hall–Kier alpha value is -0.570. The normalized spacial score (nSPS) is 12.5. The summed E-state index contributed by atoms with van der Waals surface area (Å²) in [5.41, 5.74) is 1.24. The summed E-state index contributed by atoms with van der Waals surface area (Å²) in [5.74, 6) is 0. The van der Waals surface area contributed by atoms with E-state index in [2.05, 4.69) is 44.9 Å². The molecule has 14 heavy (non-hydrogen) atoms. The minimum atomic E-state index is 0.206. The first-order valence-electron chi connectivity index (χ1n) is 4.91. The molecule has 0 aliphatic rings. The summed E-state index contributed by atoms with van der Waals surface area (Å²) in [6.07, 6.45) is 0.900. The molecule has 0 saturated carbocycles. The molecule has 1 rings (SSSR count). The summed E-state index contributed by atoms with van der Waals surface area (Å²) in [6.45, 7) is 10.7. The molecule has 0 radical (unpaired) electrons. The number of hydrogen-bond donors (Lipinski definition) is 0. The van der Waals surface area contributed by atoms with E-state index in [0.29, 0.717) is 11.2 Å². The van der Waals surface area contributed by atoms with Gasteiger partial charge in [-0.2, -0.15) is 0 Å². The van der Waals surface area contributed by atoms with E-state index < -0.39 is 0 Å². The van der Waals surface area contributed by atoms with Crippen LogP contribution in [0.4, 0.5) is 0 Å². The summed E-state index contributed by atoms with van der Waals surface area (Å²) >= 11 is 6.00. The van der Waals surface area contributed by atoms with Gasteiger partial charge in [-0.25, -0.2) is 4.68 Å². The van der Waals surface area contributed by atoms with Gasteiger partial charge in [-0.1, -0.05) is 37.6 Å². The zero-order valence-corrected chi connectivity index (χ0v) is 10.3. The van der Waals surface area contributed by atoms with Crippen LogP contribution in [0.3, 0.4) is 0 Å². The second kappa shape index (κ2) is 3.89. The molecule has 0 fully saturated rings. The molecule has 0 spiro atoms. The van der Waals surface area contributed by atoms with Crippen molar-refractivity contribution in [1.82, 2.24) is 15.0 Å². The van der Waals surface area contributed by atoms with E-state index in [0.717, 1.165) is 12.1 Å². The summed E-state index contributed by atoms with van der Waals surface area (Å²) < 4.78 is 1.90. The van der Waals surface area contributed by atoms with Crippen LogP contribution >= 0.6 is 11.6 Å². The summed E-state index contributed by atoms with van der Waals surface area (Å²) in [4.78, 5) is 0. The highest BCUT2D eigenvalue weighted by atomic mass is 35.5. The summed E-state index contributed by atoms with van der Waals surface area (Å²) in [7, 11) is 0. The Morgan fingerprint density at radius 3 is 2.36 bits per heavy atom. The van der Waals surface area contributed by atoms with E-state index in [-0.39, 0.29) is 5.41 Å². The van der Waals surface area contributed by atoms with E-state index in [9.17, 15) is 0 Å². The second-order valence-corrected chi connectivity index (χ2v) is 5.46. The van der Waals surface area contributed by atoms with Crippen molar-refractivity contribution in [1.29, 1.82) is 0 Å². The minimum absolute atomic E-state index is 0.206. The number of rotatable bonds is 2. The first kappa shape index (κ1) is 11.5. The fraction of sp³-hybridized carbons (Fsp3) is 0.800. The Bertz CT molecular complexity index is 310. The fourth-order valence-corrected chi connectivity index (χ4v) is 1.55. The molecule has 1 aromatic heterocycles. The Kier molecular flexibility index (Phi) is 3.20. The summed E-state index contributed by atoms with van der Waals surface area (Å²) in [6, 6.07) is 0.312. The van der Waals surface area contributed by atoms with Crippen LogP contribution < -0.4 is 0 Å². The van der Waals surface area contributed by atoms with Crippen LogP contribution in [0.25, 0.3) is 0 Å². The van der Waals surface area contributed by atoms with Crippen molar-refractivity contribution in [3.63, 3.8) is 0 Å². The molecule has 4 heteroatoms. The van der Waals surface area contributed by atoms with E-state index in [1.807, 2.05) is 4.68 Å². The van der Waals surface area contributed by atoms with Crippen molar-refractivity contribution in [2.45, 2.75) is 47.1 Å². The highest BCUT2D eigenvalue weighted by molar-refractivity contribution is 6.30. The van der Waals surface area contributed by atoms with E-state index in [4.69, 9.17) is 11.6 Å². The van der Waals surface area contributed by atoms with Crippen LogP contribution in [-0.2, 0) is 6.42 Å². The van der Waals surface area contributed by atoms with Crippen LogP contribution in [-0.4, -0.2) is 15.0 Å². The van der Waals surface area contributed by atoms with Gasteiger partial charge in [0.2, 0.25) is 0 Å². The fourth-order valence-electron chi connectivity index (χ4n) is 1.36. The molecule has 0 saturated heterocycles. The third kappa shape index (κ3) is 2.71. The molecular formula is C10H18ClN3. The van der Waals surface area contributed by atoms with Crippen molar-refractivity contribution in [2.24, 2.45) is 5.41 Å². The Morgan fingerprint density at radius 2 is 1.93 bits per heavy atom. The molecule has 0 aliphatic heterocycles. The highest BCUT2D eigenvalue weighted by Crippen LogP contribution is 2.25. The third-order valence-electron chi connectivity index (χ3n) is 1.93. The number of aromatic nitrogens is 3. The van der Waals surface area contributed by atoms with Gasteiger partial charge >= 0.3 is 0 Å². The van der Waals surface area contributed by atoms with Crippen molar-refractivity contribution < 1.29 is 0 Å². The van der Waals surface area contributed by atoms with E-state index >= 15 is 0 Å². The Balaban J connectivity index is 3.00. The second-order valence-electron chi connectivity index (χ2n) is 5.10. The Labute approximate surface area is 90.4 Å². The Morgan fingerprint density at radius 1 is 1.36 bits per heavy atom. The van der Waals surface area contributed by atoms with Gasteiger partial charge in [-0.05, 0) is 25.7 Å². The van der Waals surface area contributed by atoms with Gasteiger partial charge in [-0.3, -0.25) is 0 Å². The van der Waals surface area contributed by atoms with Crippen molar-refractivity contribution in [2.75, 3.05) is 0 Å². The lowest BCUT2D eigenvalue weighted by Crippen LogP contribution is -2.15. The van der Waals surface area contributed by atoms with Crippen LogP contribution in [0.2, 0.25) is 5.15 Å². The topological polar surface area (TPSA) is 30.7 Å². The van der Waals surface area contributed by atoms with Crippen molar-refractivity contribution in [3.05, 3.63) is 10.8 Å². The molecule has 1 aromatic rings. The zero-order chi connectivity index (χ0) is 10.9. The molecule has 0 bridgehead atoms. The van der Waals surface area contributed by atoms with Gasteiger partial charge in [0, 0.05) is 6.04 Å². The molecule has 0 amide bonds. The lowest BCUT2D eigenvalue weighted by atomic mass is 9.90. The number of halogens is 1. The predicted molar refractivity (Wildman–Crippen MR) is 58.6 cm³/mol.